The van der Waals surface area contributed by atoms with E-state index in [2.05, 4.69) is 5.92 Å². The van der Waals surface area contributed by atoms with Crippen molar-refractivity contribution in [3.05, 3.63) is 0 Å². The quantitative estimate of drug-likeness (QED) is 0.449. The maximum Gasteiger partial charge on any atom is 0.252 e. The van der Waals surface area contributed by atoms with Gasteiger partial charge in [0, 0.05) is 20.1 Å². The Bertz CT molecular complexity index is 221. The lowest BCUT2D eigenvalue weighted by atomic mass is 10.3. The molecule has 1 rings (SSSR count). The van der Waals surface area contributed by atoms with Crippen LogP contribution in [0.2, 0.25) is 0 Å². The van der Waals surface area contributed by atoms with Crippen LogP contribution in [-0.4, -0.2) is 43.9 Å². The smallest absolute Gasteiger partial charge is 0.252 e. The van der Waals surface area contributed by atoms with Crippen molar-refractivity contribution in [3.8, 4) is 12.3 Å². The van der Waals surface area contributed by atoms with Crippen molar-refractivity contribution < 1.29 is 14.3 Å². The zero-order valence-corrected chi connectivity index (χ0v) is 7.66. The predicted molar refractivity (Wildman–Crippen MR) is 46.8 cm³/mol. The topological polar surface area (TPSA) is 38.8 Å². The summed E-state index contributed by atoms with van der Waals surface area (Å²) in [5.41, 5.74) is 0. The maximum atomic E-state index is 11.5. The number of hydrogen-bond donors (Lipinski definition) is 0. The second-order valence-electron chi connectivity index (χ2n) is 2.81. The number of terminal acetylenes is 1. The van der Waals surface area contributed by atoms with Crippen LogP contribution in [0.15, 0.2) is 0 Å². The van der Waals surface area contributed by atoms with Gasteiger partial charge in [-0.1, -0.05) is 5.92 Å². The Kier molecular flexibility index (Phi) is 3.74. The van der Waals surface area contributed by atoms with E-state index in [-0.39, 0.29) is 18.8 Å². The molecule has 0 unspecified atom stereocenters. The van der Waals surface area contributed by atoms with Gasteiger partial charge in [0.25, 0.3) is 5.91 Å². The van der Waals surface area contributed by atoms with E-state index in [1.165, 1.54) is 7.11 Å². The van der Waals surface area contributed by atoms with E-state index in [1.807, 2.05) is 0 Å². The normalized spacial score (nSPS) is 22.0. The van der Waals surface area contributed by atoms with Gasteiger partial charge in [-0.15, -0.1) is 6.42 Å². The van der Waals surface area contributed by atoms with Crippen LogP contribution in [0, 0.1) is 12.3 Å². The van der Waals surface area contributed by atoms with Gasteiger partial charge in [0.15, 0.2) is 0 Å². The largest absolute Gasteiger partial charge is 0.359 e. The summed E-state index contributed by atoms with van der Waals surface area (Å²) < 4.78 is 9.87. The summed E-state index contributed by atoms with van der Waals surface area (Å²) in [6, 6.07) is 0. The summed E-state index contributed by atoms with van der Waals surface area (Å²) in [7, 11) is 1.53. The SMILES string of the molecule is C#CCN1CC[C@@H](OCOC)C1=O. The first-order valence-corrected chi connectivity index (χ1v) is 4.12. The molecule has 1 heterocycles. The predicted octanol–water partition coefficient (Wildman–Crippen LogP) is -0.159. The molecule has 13 heavy (non-hydrogen) atoms. The number of carbonyl (C=O) groups excluding carboxylic acids is 1. The Morgan fingerprint density at radius 1 is 1.77 bits per heavy atom. The van der Waals surface area contributed by atoms with Gasteiger partial charge in [-0.3, -0.25) is 4.79 Å². The van der Waals surface area contributed by atoms with E-state index in [1.54, 1.807) is 4.90 Å². The van der Waals surface area contributed by atoms with E-state index < -0.39 is 0 Å². The van der Waals surface area contributed by atoms with Crippen LogP contribution in [0.3, 0.4) is 0 Å². The summed E-state index contributed by atoms with van der Waals surface area (Å²) in [5.74, 6) is 2.40. The first-order valence-electron chi connectivity index (χ1n) is 4.12. The van der Waals surface area contributed by atoms with Gasteiger partial charge in [-0.25, -0.2) is 0 Å². The van der Waals surface area contributed by atoms with Crippen LogP contribution < -0.4 is 0 Å². The molecule has 1 atom stereocenters. The third-order valence-corrected chi connectivity index (χ3v) is 1.92. The van der Waals surface area contributed by atoms with Crippen LogP contribution >= 0.6 is 0 Å². The molecular formula is C9H13NO3. The van der Waals surface area contributed by atoms with Gasteiger partial charge in [0.2, 0.25) is 0 Å². The Morgan fingerprint density at radius 2 is 2.54 bits per heavy atom. The Morgan fingerprint density at radius 3 is 3.15 bits per heavy atom. The second-order valence-corrected chi connectivity index (χ2v) is 2.81. The molecule has 0 aromatic carbocycles. The van der Waals surface area contributed by atoms with Crippen molar-refractivity contribution in [2.75, 3.05) is 27.0 Å². The molecule has 0 radical (unpaired) electrons. The second kappa shape index (κ2) is 4.85. The number of carbonyl (C=O) groups is 1. The van der Waals surface area contributed by atoms with E-state index in [9.17, 15) is 4.79 Å². The van der Waals surface area contributed by atoms with Crippen molar-refractivity contribution in [1.82, 2.24) is 4.90 Å². The number of nitrogens with zero attached hydrogens (tertiary/aromatic N) is 1. The standard InChI is InChI=1S/C9H13NO3/c1-3-5-10-6-4-8(9(10)11)13-7-12-2/h1,8H,4-7H2,2H3/t8-/m1/s1. The fourth-order valence-corrected chi connectivity index (χ4v) is 1.28. The number of amides is 1. The molecule has 0 saturated carbocycles. The molecule has 1 aliphatic heterocycles. The van der Waals surface area contributed by atoms with Crippen LogP contribution in [0.5, 0.6) is 0 Å². The van der Waals surface area contributed by atoms with Crippen LogP contribution in [-0.2, 0) is 14.3 Å². The third-order valence-electron chi connectivity index (χ3n) is 1.92. The van der Waals surface area contributed by atoms with Crippen LogP contribution in [0.4, 0.5) is 0 Å². The Balaban J connectivity index is 2.37. The zero-order valence-electron chi connectivity index (χ0n) is 7.66. The first-order chi connectivity index (χ1) is 6.29. The monoisotopic (exact) mass is 183 g/mol. The Labute approximate surface area is 77.8 Å². The van der Waals surface area contributed by atoms with Crippen molar-refractivity contribution in [2.45, 2.75) is 12.5 Å². The highest BCUT2D eigenvalue weighted by molar-refractivity contribution is 5.83. The lowest BCUT2D eigenvalue weighted by Crippen LogP contribution is -2.31. The highest BCUT2D eigenvalue weighted by Gasteiger charge is 2.31. The van der Waals surface area contributed by atoms with Gasteiger partial charge < -0.3 is 14.4 Å². The van der Waals surface area contributed by atoms with Gasteiger partial charge >= 0.3 is 0 Å². The lowest BCUT2D eigenvalue weighted by molar-refractivity contribution is -0.144. The van der Waals surface area contributed by atoms with Gasteiger partial charge in [0.1, 0.15) is 12.9 Å². The van der Waals surface area contributed by atoms with Crippen LogP contribution in [0.1, 0.15) is 6.42 Å². The molecule has 1 aliphatic rings. The molecule has 1 fully saturated rings. The Hall–Kier alpha value is -1.05. The maximum absolute atomic E-state index is 11.5. The fraction of sp³-hybridized carbons (Fsp3) is 0.667. The van der Waals surface area contributed by atoms with Crippen molar-refractivity contribution in [3.63, 3.8) is 0 Å². The molecular weight excluding hydrogens is 170 g/mol. The van der Waals surface area contributed by atoms with E-state index >= 15 is 0 Å². The van der Waals surface area contributed by atoms with Crippen molar-refractivity contribution in [2.24, 2.45) is 0 Å². The van der Waals surface area contributed by atoms with Crippen molar-refractivity contribution in [1.29, 1.82) is 0 Å². The molecule has 0 aliphatic carbocycles. The number of hydrogen-bond acceptors (Lipinski definition) is 3. The number of rotatable bonds is 4. The minimum absolute atomic E-state index is 0.0324. The van der Waals surface area contributed by atoms with Gasteiger partial charge in [0.05, 0.1) is 6.54 Å². The summed E-state index contributed by atoms with van der Waals surface area (Å²) >= 11 is 0. The summed E-state index contributed by atoms with van der Waals surface area (Å²) in [4.78, 5) is 13.1. The third kappa shape index (κ3) is 2.44. The fourth-order valence-electron chi connectivity index (χ4n) is 1.28. The minimum Gasteiger partial charge on any atom is -0.359 e. The van der Waals surface area contributed by atoms with Crippen LogP contribution in [0.25, 0.3) is 0 Å². The summed E-state index contributed by atoms with van der Waals surface area (Å²) in [5, 5.41) is 0. The van der Waals surface area contributed by atoms with E-state index in [4.69, 9.17) is 15.9 Å². The zero-order chi connectivity index (χ0) is 9.68. The highest BCUT2D eigenvalue weighted by Crippen LogP contribution is 2.13. The molecule has 0 spiro atoms. The van der Waals surface area contributed by atoms with Crippen molar-refractivity contribution >= 4 is 5.91 Å². The molecule has 72 valence electrons. The first kappa shape index (κ1) is 10.0. The number of likely N-dealkylation sites (tertiary alicyclic amines) is 1. The molecule has 0 bridgehead atoms. The molecule has 1 saturated heterocycles. The minimum atomic E-state index is -0.367. The number of ether oxygens (including phenoxy) is 2. The number of methoxy groups -OCH3 is 1. The molecule has 4 heteroatoms. The molecule has 0 aromatic heterocycles. The molecule has 1 amide bonds. The average Bonchev–Trinajstić information content (AvgIpc) is 2.46. The van der Waals surface area contributed by atoms with Gasteiger partial charge in [-0.2, -0.15) is 0 Å². The van der Waals surface area contributed by atoms with E-state index in [0.29, 0.717) is 19.5 Å². The molecule has 0 N–H and O–H groups in total. The molecule has 0 aromatic rings. The highest BCUT2D eigenvalue weighted by atomic mass is 16.7. The lowest BCUT2D eigenvalue weighted by Gasteiger charge is -2.12. The summed E-state index contributed by atoms with van der Waals surface area (Å²) in [6.45, 7) is 1.20. The van der Waals surface area contributed by atoms with Gasteiger partial charge in [-0.05, 0) is 0 Å². The molecule has 4 nitrogen and oxygen atoms in total. The summed E-state index contributed by atoms with van der Waals surface area (Å²) in [6.07, 6.45) is 5.44. The average molecular weight is 183 g/mol. The van der Waals surface area contributed by atoms with E-state index in [0.717, 1.165) is 0 Å².